The number of carbonyl (C=O) groups excluding carboxylic acids is 1. The summed E-state index contributed by atoms with van der Waals surface area (Å²) in [5.41, 5.74) is 4.58. The van der Waals surface area contributed by atoms with E-state index in [0.29, 0.717) is 13.1 Å². The van der Waals surface area contributed by atoms with Gasteiger partial charge in [-0.25, -0.2) is 13.1 Å². The summed E-state index contributed by atoms with van der Waals surface area (Å²) in [5.74, 6) is -0.0301. The first-order valence-electron chi connectivity index (χ1n) is 9.63. The van der Waals surface area contributed by atoms with E-state index < -0.39 is 10.0 Å². The second kappa shape index (κ2) is 8.80. The third kappa shape index (κ3) is 4.86. The zero-order valence-electron chi connectivity index (χ0n) is 17.1. The van der Waals surface area contributed by atoms with Crippen LogP contribution in [0.4, 0.5) is 5.69 Å². The molecule has 0 spiro atoms. The normalized spacial score (nSPS) is 15.1. The molecule has 1 fully saturated rings. The summed E-state index contributed by atoms with van der Waals surface area (Å²) in [4.78, 5) is 16.9. The van der Waals surface area contributed by atoms with Gasteiger partial charge in [0.15, 0.2) is 0 Å². The molecular formula is C22H27N3O3S. The van der Waals surface area contributed by atoms with Crippen molar-refractivity contribution in [3.8, 4) is 0 Å². The van der Waals surface area contributed by atoms with Crippen LogP contribution in [0.1, 0.15) is 16.7 Å². The average molecular weight is 414 g/mol. The topological polar surface area (TPSA) is 69.7 Å². The lowest BCUT2D eigenvalue weighted by atomic mass is 10.1. The lowest BCUT2D eigenvalue weighted by Gasteiger charge is -2.36. The molecule has 0 aromatic heterocycles. The largest absolute Gasteiger partial charge is 0.368 e. The van der Waals surface area contributed by atoms with Gasteiger partial charge in [0.25, 0.3) is 0 Å². The Morgan fingerprint density at radius 1 is 1.00 bits per heavy atom. The highest BCUT2D eigenvalue weighted by Gasteiger charge is 2.21. The van der Waals surface area contributed by atoms with Crippen molar-refractivity contribution < 1.29 is 13.2 Å². The van der Waals surface area contributed by atoms with Crippen LogP contribution in [-0.2, 0) is 14.8 Å². The fraction of sp³-hybridized carbons (Fsp3) is 0.318. The van der Waals surface area contributed by atoms with Gasteiger partial charge < -0.3 is 9.80 Å². The first kappa shape index (κ1) is 21.1. The second-order valence-corrected chi connectivity index (χ2v) is 9.03. The number of aryl methyl sites for hydroxylation is 1. The monoisotopic (exact) mass is 413 g/mol. The summed E-state index contributed by atoms with van der Waals surface area (Å²) >= 11 is 0. The molecule has 154 valence electrons. The summed E-state index contributed by atoms with van der Waals surface area (Å²) in [6.07, 6.45) is 3.27. The van der Waals surface area contributed by atoms with Gasteiger partial charge in [-0.15, -0.1) is 0 Å². The number of benzene rings is 2. The number of piperazine rings is 1. The Kier molecular flexibility index (Phi) is 6.39. The quantitative estimate of drug-likeness (QED) is 0.765. The summed E-state index contributed by atoms with van der Waals surface area (Å²) in [7, 11) is -2.07. The number of sulfonamides is 1. The fourth-order valence-corrected chi connectivity index (χ4v) is 4.12. The highest BCUT2D eigenvalue weighted by atomic mass is 32.2. The predicted octanol–water partition coefficient (Wildman–Crippen LogP) is 2.57. The standard InChI is InChI=1S/C22H27N3O3S/c1-17-5-4-6-21(18(17)2)24-13-15-25(16-14-24)22(26)12-9-19-7-10-20(11-8-19)29(27,28)23-3/h4-12,23H,13-16H2,1-3H3/b12-9+. The van der Waals surface area contributed by atoms with E-state index in [-0.39, 0.29) is 10.8 Å². The van der Waals surface area contributed by atoms with Crippen LogP contribution >= 0.6 is 0 Å². The summed E-state index contributed by atoms with van der Waals surface area (Å²) in [6.45, 7) is 7.22. The molecule has 2 aromatic carbocycles. The molecule has 1 aliphatic heterocycles. The first-order chi connectivity index (χ1) is 13.8. The van der Waals surface area contributed by atoms with Crippen molar-refractivity contribution in [2.24, 2.45) is 0 Å². The molecule has 29 heavy (non-hydrogen) atoms. The number of anilines is 1. The van der Waals surface area contributed by atoms with Crippen LogP contribution in [0.15, 0.2) is 53.4 Å². The Hall–Kier alpha value is -2.64. The maximum Gasteiger partial charge on any atom is 0.246 e. The van der Waals surface area contributed by atoms with E-state index in [9.17, 15) is 13.2 Å². The molecule has 1 heterocycles. The third-order valence-corrected chi connectivity index (χ3v) is 6.82. The van der Waals surface area contributed by atoms with E-state index in [0.717, 1.165) is 18.7 Å². The van der Waals surface area contributed by atoms with Crippen LogP contribution in [0.3, 0.4) is 0 Å². The van der Waals surface area contributed by atoms with E-state index in [4.69, 9.17) is 0 Å². The minimum Gasteiger partial charge on any atom is -0.368 e. The number of nitrogens with one attached hydrogen (secondary N) is 1. The number of hydrogen-bond acceptors (Lipinski definition) is 4. The molecular weight excluding hydrogens is 386 g/mol. The number of hydrogen-bond donors (Lipinski definition) is 1. The molecule has 2 aromatic rings. The molecule has 3 rings (SSSR count). The van der Waals surface area contributed by atoms with Crippen LogP contribution in [0.25, 0.3) is 6.08 Å². The van der Waals surface area contributed by atoms with Gasteiger partial charge in [-0.2, -0.15) is 0 Å². The highest BCUT2D eigenvalue weighted by molar-refractivity contribution is 7.89. The number of amides is 1. The van der Waals surface area contributed by atoms with E-state index in [1.54, 1.807) is 24.3 Å². The SMILES string of the molecule is CNS(=O)(=O)c1ccc(/C=C/C(=O)N2CCN(c3cccc(C)c3C)CC2)cc1. The van der Waals surface area contributed by atoms with Gasteiger partial charge >= 0.3 is 0 Å². The fourth-order valence-electron chi connectivity index (χ4n) is 3.39. The zero-order valence-corrected chi connectivity index (χ0v) is 17.9. The minimum atomic E-state index is -3.45. The Morgan fingerprint density at radius 2 is 1.66 bits per heavy atom. The highest BCUT2D eigenvalue weighted by Crippen LogP contribution is 2.24. The van der Waals surface area contributed by atoms with Crippen molar-refractivity contribution in [2.45, 2.75) is 18.7 Å². The average Bonchev–Trinajstić information content (AvgIpc) is 2.74. The van der Waals surface area contributed by atoms with Gasteiger partial charge in [-0.05, 0) is 61.9 Å². The molecule has 0 saturated carbocycles. The number of rotatable bonds is 5. The molecule has 0 aliphatic carbocycles. The van der Waals surface area contributed by atoms with Gasteiger partial charge in [-0.3, -0.25) is 4.79 Å². The molecule has 7 heteroatoms. The van der Waals surface area contributed by atoms with E-state index in [2.05, 4.69) is 41.7 Å². The van der Waals surface area contributed by atoms with Gasteiger partial charge in [0.05, 0.1) is 4.90 Å². The Balaban J connectivity index is 1.59. The lowest BCUT2D eigenvalue weighted by molar-refractivity contribution is -0.126. The molecule has 1 amide bonds. The van der Waals surface area contributed by atoms with Crippen LogP contribution < -0.4 is 9.62 Å². The number of nitrogens with zero attached hydrogens (tertiary/aromatic N) is 2. The van der Waals surface area contributed by atoms with Gasteiger partial charge in [0.1, 0.15) is 0 Å². The smallest absolute Gasteiger partial charge is 0.246 e. The Bertz CT molecular complexity index is 1010. The van der Waals surface area contributed by atoms with Gasteiger partial charge in [-0.1, -0.05) is 24.3 Å². The molecule has 0 radical (unpaired) electrons. The summed E-state index contributed by atoms with van der Waals surface area (Å²) in [5, 5.41) is 0. The van der Waals surface area contributed by atoms with Crippen LogP contribution in [0.5, 0.6) is 0 Å². The van der Waals surface area contributed by atoms with Crippen LogP contribution in [0.2, 0.25) is 0 Å². The van der Waals surface area contributed by atoms with Crippen molar-refractivity contribution in [3.05, 3.63) is 65.2 Å². The van der Waals surface area contributed by atoms with E-state index in [1.807, 2.05) is 4.90 Å². The zero-order chi connectivity index (χ0) is 21.0. The molecule has 0 atom stereocenters. The molecule has 1 aliphatic rings. The third-order valence-electron chi connectivity index (χ3n) is 5.39. The molecule has 1 N–H and O–H groups in total. The number of carbonyl (C=O) groups is 1. The Morgan fingerprint density at radius 3 is 2.28 bits per heavy atom. The molecule has 1 saturated heterocycles. The van der Waals surface area contributed by atoms with E-state index in [1.165, 1.54) is 36.0 Å². The van der Waals surface area contributed by atoms with Gasteiger partial charge in [0, 0.05) is 37.9 Å². The molecule has 0 unspecified atom stereocenters. The van der Waals surface area contributed by atoms with E-state index >= 15 is 0 Å². The second-order valence-electron chi connectivity index (χ2n) is 7.14. The van der Waals surface area contributed by atoms with Crippen LogP contribution in [0, 0.1) is 13.8 Å². The first-order valence-corrected chi connectivity index (χ1v) is 11.1. The molecule has 0 bridgehead atoms. The van der Waals surface area contributed by atoms with Crippen molar-refractivity contribution in [1.29, 1.82) is 0 Å². The van der Waals surface area contributed by atoms with Crippen molar-refractivity contribution >= 4 is 27.7 Å². The summed E-state index contributed by atoms with van der Waals surface area (Å²) < 4.78 is 25.8. The predicted molar refractivity (Wildman–Crippen MR) is 116 cm³/mol. The summed E-state index contributed by atoms with van der Waals surface area (Å²) in [6, 6.07) is 12.8. The lowest BCUT2D eigenvalue weighted by Crippen LogP contribution is -2.48. The van der Waals surface area contributed by atoms with Crippen LogP contribution in [-0.4, -0.2) is 52.5 Å². The van der Waals surface area contributed by atoms with Crippen molar-refractivity contribution in [2.75, 3.05) is 38.1 Å². The van der Waals surface area contributed by atoms with Crippen molar-refractivity contribution in [3.63, 3.8) is 0 Å². The molecule has 6 nitrogen and oxygen atoms in total. The minimum absolute atomic E-state index is 0.0301. The maximum absolute atomic E-state index is 12.5. The van der Waals surface area contributed by atoms with Gasteiger partial charge in [0.2, 0.25) is 15.9 Å². The Labute approximate surface area is 172 Å². The maximum atomic E-state index is 12.5. The van der Waals surface area contributed by atoms with Crippen molar-refractivity contribution in [1.82, 2.24) is 9.62 Å².